The number of rotatable bonds is 3. The van der Waals surface area contributed by atoms with Crippen LogP contribution in [0.4, 0.5) is 0 Å². The summed E-state index contributed by atoms with van der Waals surface area (Å²) in [5.41, 5.74) is 0. The minimum atomic E-state index is 0.277. The molecule has 1 aliphatic carbocycles. The minimum absolute atomic E-state index is 0.277. The van der Waals surface area contributed by atoms with Gasteiger partial charge in [-0.25, -0.2) is 0 Å². The van der Waals surface area contributed by atoms with Crippen LogP contribution in [0.3, 0.4) is 0 Å². The number of carbonyl (C=O) groups excluding carboxylic acids is 1. The molecular weight excluding hydrogens is 188 g/mol. The maximum atomic E-state index is 11.7. The van der Waals surface area contributed by atoms with Gasteiger partial charge in [-0.2, -0.15) is 0 Å². The molecule has 0 spiro atoms. The molecule has 86 valence electrons. The lowest BCUT2D eigenvalue weighted by molar-refractivity contribution is -0.123. The second kappa shape index (κ2) is 4.97. The number of piperidine rings is 1. The van der Waals surface area contributed by atoms with Crippen molar-refractivity contribution in [2.45, 2.75) is 45.1 Å². The molecule has 0 bridgehead atoms. The zero-order valence-electron chi connectivity index (χ0n) is 9.59. The third-order valence-corrected chi connectivity index (χ3v) is 3.67. The molecular formula is C12H22N2O. The summed E-state index contributed by atoms with van der Waals surface area (Å²) in [4.78, 5) is 11.7. The molecule has 15 heavy (non-hydrogen) atoms. The largest absolute Gasteiger partial charge is 0.353 e. The van der Waals surface area contributed by atoms with Crippen LogP contribution >= 0.6 is 0 Å². The average molecular weight is 210 g/mol. The lowest BCUT2D eigenvalue weighted by atomic mass is 9.81. The lowest BCUT2D eigenvalue weighted by Gasteiger charge is -2.33. The monoisotopic (exact) mass is 210 g/mol. The quantitative estimate of drug-likeness (QED) is 0.737. The average Bonchev–Trinajstić information content (AvgIpc) is 2.17. The molecule has 0 aromatic heterocycles. The smallest absolute Gasteiger partial charge is 0.220 e. The molecule has 3 nitrogen and oxygen atoms in total. The summed E-state index contributed by atoms with van der Waals surface area (Å²) in [7, 11) is 0. The molecule has 1 amide bonds. The van der Waals surface area contributed by atoms with Gasteiger partial charge >= 0.3 is 0 Å². The van der Waals surface area contributed by atoms with Gasteiger partial charge in [0.2, 0.25) is 5.91 Å². The van der Waals surface area contributed by atoms with E-state index in [0.29, 0.717) is 12.0 Å². The van der Waals surface area contributed by atoms with Crippen molar-refractivity contribution in [3.8, 4) is 0 Å². The van der Waals surface area contributed by atoms with Gasteiger partial charge < -0.3 is 10.6 Å². The Balaban J connectivity index is 1.63. The third-order valence-electron chi connectivity index (χ3n) is 3.67. The predicted octanol–water partition coefficient (Wildman–Crippen LogP) is 1.29. The van der Waals surface area contributed by atoms with Gasteiger partial charge in [-0.15, -0.1) is 0 Å². The van der Waals surface area contributed by atoms with Crippen molar-refractivity contribution in [2.75, 3.05) is 13.1 Å². The SMILES string of the molecule is CC1CC(NC(=O)CC2CCNCC2)C1. The van der Waals surface area contributed by atoms with Gasteiger partial charge in [0.1, 0.15) is 0 Å². The van der Waals surface area contributed by atoms with Gasteiger partial charge in [0, 0.05) is 12.5 Å². The Labute approximate surface area is 92.0 Å². The van der Waals surface area contributed by atoms with E-state index in [2.05, 4.69) is 17.6 Å². The zero-order valence-corrected chi connectivity index (χ0v) is 9.59. The van der Waals surface area contributed by atoms with Crippen molar-refractivity contribution in [3.63, 3.8) is 0 Å². The summed E-state index contributed by atoms with van der Waals surface area (Å²) >= 11 is 0. The Morgan fingerprint density at radius 2 is 2.00 bits per heavy atom. The molecule has 2 N–H and O–H groups in total. The van der Waals surface area contributed by atoms with Gasteiger partial charge in [0.05, 0.1) is 0 Å². The second-order valence-electron chi connectivity index (χ2n) is 5.24. The molecule has 0 aromatic carbocycles. The van der Waals surface area contributed by atoms with Crippen molar-refractivity contribution in [2.24, 2.45) is 11.8 Å². The van der Waals surface area contributed by atoms with E-state index >= 15 is 0 Å². The predicted molar refractivity (Wildman–Crippen MR) is 60.5 cm³/mol. The highest BCUT2D eigenvalue weighted by molar-refractivity contribution is 5.76. The van der Waals surface area contributed by atoms with E-state index in [1.807, 2.05) is 0 Å². The molecule has 3 heteroatoms. The molecule has 1 saturated carbocycles. The molecule has 0 aromatic rings. The van der Waals surface area contributed by atoms with Crippen molar-refractivity contribution < 1.29 is 4.79 Å². The summed E-state index contributed by atoms with van der Waals surface area (Å²) in [5, 5.41) is 6.46. The Bertz CT molecular complexity index is 218. The molecule has 2 aliphatic rings. The zero-order chi connectivity index (χ0) is 10.7. The minimum Gasteiger partial charge on any atom is -0.353 e. The summed E-state index contributed by atoms with van der Waals surface area (Å²) in [6.45, 7) is 4.41. The first-order valence-electron chi connectivity index (χ1n) is 6.24. The Kier molecular flexibility index (Phi) is 3.62. The topological polar surface area (TPSA) is 41.1 Å². The Hall–Kier alpha value is -0.570. The molecule has 1 aliphatic heterocycles. The number of carbonyl (C=O) groups is 1. The molecule has 2 fully saturated rings. The van der Waals surface area contributed by atoms with Crippen LogP contribution in [-0.2, 0) is 4.79 Å². The number of nitrogens with one attached hydrogen (secondary N) is 2. The van der Waals surface area contributed by atoms with E-state index in [-0.39, 0.29) is 5.91 Å². The maximum Gasteiger partial charge on any atom is 0.220 e. The van der Waals surface area contributed by atoms with E-state index in [4.69, 9.17) is 0 Å². The van der Waals surface area contributed by atoms with E-state index in [1.165, 1.54) is 12.8 Å². The maximum absolute atomic E-state index is 11.7. The van der Waals surface area contributed by atoms with Crippen molar-refractivity contribution >= 4 is 5.91 Å². The third kappa shape index (κ3) is 3.20. The number of hydrogen-bond donors (Lipinski definition) is 2. The highest BCUT2D eigenvalue weighted by Gasteiger charge is 2.27. The standard InChI is InChI=1S/C12H22N2O/c1-9-6-11(7-9)14-12(15)8-10-2-4-13-5-3-10/h9-11,13H,2-8H2,1H3,(H,14,15). The number of hydrogen-bond acceptors (Lipinski definition) is 2. The first-order chi connectivity index (χ1) is 7.24. The summed E-state index contributed by atoms with van der Waals surface area (Å²) in [6.07, 6.45) is 5.42. The van der Waals surface area contributed by atoms with Crippen LogP contribution in [0.25, 0.3) is 0 Å². The lowest BCUT2D eigenvalue weighted by Crippen LogP contribution is -2.44. The van der Waals surface area contributed by atoms with E-state index in [1.54, 1.807) is 0 Å². The van der Waals surface area contributed by atoms with E-state index in [9.17, 15) is 4.79 Å². The van der Waals surface area contributed by atoms with Crippen LogP contribution in [0.5, 0.6) is 0 Å². The fraction of sp³-hybridized carbons (Fsp3) is 0.917. The number of amides is 1. The fourth-order valence-electron chi connectivity index (χ4n) is 2.65. The van der Waals surface area contributed by atoms with Crippen molar-refractivity contribution in [1.82, 2.24) is 10.6 Å². The van der Waals surface area contributed by atoms with Crippen LogP contribution in [-0.4, -0.2) is 25.0 Å². The highest BCUT2D eigenvalue weighted by Crippen LogP contribution is 2.26. The second-order valence-corrected chi connectivity index (χ2v) is 5.24. The normalized spacial score (nSPS) is 32.1. The highest BCUT2D eigenvalue weighted by atomic mass is 16.1. The summed E-state index contributed by atoms with van der Waals surface area (Å²) < 4.78 is 0. The molecule has 2 rings (SSSR count). The first-order valence-corrected chi connectivity index (χ1v) is 6.24. The molecule has 1 heterocycles. The van der Waals surface area contributed by atoms with Gasteiger partial charge in [0.25, 0.3) is 0 Å². The van der Waals surface area contributed by atoms with Gasteiger partial charge in [0.15, 0.2) is 0 Å². The van der Waals surface area contributed by atoms with Crippen molar-refractivity contribution in [3.05, 3.63) is 0 Å². The van der Waals surface area contributed by atoms with Gasteiger partial charge in [-0.3, -0.25) is 4.79 Å². The summed E-state index contributed by atoms with van der Waals surface area (Å²) in [6, 6.07) is 0.481. The van der Waals surface area contributed by atoms with Crippen molar-refractivity contribution in [1.29, 1.82) is 0 Å². The fourth-order valence-corrected chi connectivity index (χ4v) is 2.65. The van der Waals surface area contributed by atoms with Crippen LogP contribution < -0.4 is 10.6 Å². The molecule has 1 saturated heterocycles. The van der Waals surface area contributed by atoms with E-state index in [0.717, 1.165) is 38.3 Å². The van der Waals surface area contributed by atoms with Crippen LogP contribution in [0.1, 0.15) is 39.0 Å². The van der Waals surface area contributed by atoms with Crippen LogP contribution in [0, 0.1) is 11.8 Å². The van der Waals surface area contributed by atoms with Gasteiger partial charge in [-0.1, -0.05) is 6.92 Å². The Morgan fingerprint density at radius 1 is 1.33 bits per heavy atom. The molecule has 0 unspecified atom stereocenters. The first kappa shape index (κ1) is 10.9. The molecule has 0 radical (unpaired) electrons. The Morgan fingerprint density at radius 3 is 2.60 bits per heavy atom. The summed E-state index contributed by atoms with van der Waals surface area (Å²) in [5.74, 6) is 1.71. The molecule has 0 atom stereocenters. The van der Waals surface area contributed by atoms with Crippen LogP contribution in [0.15, 0.2) is 0 Å². The van der Waals surface area contributed by atoms with Crippen LogP contribution in [0.2, 0.25) is 0 Å². The van der Waals surface area contributed by atoms with Gasteiger partial charge in [-0.05, 0) is 50.6 Å². The van der Waals surface area contributed by atoms with E-state index < -0.39 is 0 Å².